The number of carbonyl (C=O) groups excluding carboxylic acids is 5. The van der Waals surface area contributed by atoms with Gasteiger partial charge in [0.15, 0.2) is 0 Å². The van der Waals surface area contributed by atoms with E-state index in [1.807, 2.05) is 44.7 Å². The van der Waals surface area contributed by atoms with Crippen molar-refractivity contribution in [3.63, 3.8) is 0 Å². The Kier molecular flexibility index (Phi) is 18.4. The molecular weight excluding hydrogens is 690 g/mol. The number of imide groups is 2. The second-order valence-electron chi connectivity index (χ2n) is 18.4. The maximum Gasteiger partial charge on any atom is 0.418 e. The van der Waals surface area contributed by atoms with Gasteiger partial charge < -0.3 is 29.9 Å². The summed E-state index contributed by atoms with van der Waals surface area (Å²) in [5, 5.41) is 6.16. The molecule has 2 N–H and O–H groups in total. The fourth-order valence-electron chi connectivity index (χ4n) is 8.69. The first-order chi connectivity index (χ1) is 25.1. The summed E-state index contributed by atoms with van der Waals surface area (Å²) in [6.07, 6.45) is 7.20. The summed E-state index contributed by atoms with van der Waals surface area (Å²) in [6, 6.07) is -1.34. The van der Waals surface area contributed by atoms with Gasteiger partial charge in [-0.2, -0.15) is 4.99 Å². The molecule has 2 aliphatic rings. The number of rotatable bonds is 18. The molecule has 0 radical (unpaired) electrons. The van der Waals surface area contributed by atoms with E-state index in [9.17, 15) is 24.0 Å². The summed E-state index contributed by atoms with van der Waals surface area (Å²) >= 11 is 0. The Hall–Kier alpha value is -3.22. The van der Waals surface area contributed by atoms with Crippen molar-refractivity contribution < 1.29 is 33.4 Å². The minimum absolute atomic E-state index is 0.0526. The Morgan fingerprint density at radius 1 is 0.630 bits per heavy atom. The fourth-order valence-corrected chi connectivity index (χ4v) is 8.69. The van der Waals surface area contributed by atoms with Gasteiger partial charge >= 0.3 is 24.2 Å². The predicted octanol–water partition coefficient (Wildman–Crippen LogP) is 7.02. The Balaban J connectivity index is 2.06. The highest BCUT2D eigenvalue weighted by Gasteiger charge is 2.43. The van der Waals surface area contributed by atoms with Gasteiger partial charge in [-0.25, -0.2) is 33.8 Å². The van der Waals surface area contributed by atoms with E-state index >= 15 is 0 Å². The van der Waals surface area contributed by atoms with Crippen molar-refractivity contribution in [2.75, 3.05) is 66.6 Å². The highest BCUT2D eigenvalue weighted by atomic mass is 16.6. The van der Waals surface area contributed by atoms with Crippen LogP contribution in [0, 0.1) is 16.2 Å². The molecule has 0 bridgehead atoms. The van der Waals surface area contributed by atoms with Gasteiger partial charge in [-0.05, 0) is 102 Å². The molecule has 2 fully saturated rings. The number of hydrogen-bond donors (Lipinski definition) is 2. The molecule has 2 aliphatic carbocycles. The van der Waals surface area contributed by atoms with Crippen molar-refractivity contribution in [3.05, 3.63) is 0 Å². The van der Waals surface area contributed by atoms with Crippen molar-refractivity contribution >= 4 is 30.3 Å². The number of carbonyl (C=O) groups is 4. The van der Waals surface area contributed by atoms with Crippen LogP contribution < -0.4 is 10.6 Å². The molecule has 2 rings (SSSR count). The van der Waals surface area contributed by atoms with E-state index in [2.05, 4.69) is 57.2 Å². The summed E-state index contributed by atoms with van der Waals surface area (Å²) < 4.78 is 11.1. The van der Waals surface area contributed by atoms with Crippen molar-refractivity contribution in [3.8, 4) is 0 Å². The molecule has 2 atom stereocenters. The van der Waals surface area contributed by atoms with Gasteiger partial charge in [0.25, 0.3) is 0 Å². The van der Waals surface area contributed by atoms with Gasteiger partial charge in [-0.15, -0.1) is 0 Å². The van der Waals surface area contributed by atoms with Gasteiger partial charge in [0.2, 0.25) is 6.08 Å². The Bertz CT molecular complexity index is 1270. The molecule has 14 heteroatoms. The first-order valence-electron chi connectivity index (χ1n) is 20.1. The zero-order valence-electron chi connectivity index (χ0n) is 35.5. The van der Waals surface area contributed by atoms with Crippen molar-refractivity contribution in [2.24, 2.45) is 21.2 Å². The average molecular weight is 764 g/mol. The number of hydrogen-bond acceptors (Lipinski definition) is 10. The molecule has 0 spiro atoms. The topological polar surface area (TPSA) is 153 Å². The molecule has 0 heterocycles. The number of nitrogens with one attached hydrogen (secondary N) is 2. The Morgan fingerprint density at radius 3 is 1.41 bits per heavy atom. The quantitative estimate of drug-likeness (QED) is 0.0852. The number of nitrogens with zero attached hydrogens (tertiary/aromatic N) is 5. The van der Waals surface area contributed by atoms with Gasteiger partial charge in [-0.3, -0.25) is 0 Å². The van der Waals surface area contributed by atoms with E-state index in [1.165, 1.54) is 4.90 Å². The SMILES string of the molecule is CCN(C)CCOC(=O)N(CCCCCCN(C(=O)NC1CC(C)(C)CC(C)(N=C=O)C1)C(=O)OCCN(C)CC)C(=O)NC1CC(C)(C)CC(C)(C)C1. The van der Waals surface area contributed by atoms with E-state index in [0.29, 0.717) is 58.0 Å². The van der Waals surface area contributed by atoms with E-state index in [1.54, 1.807) is 6.08 Å². The third kappa shape index (κ3) is 16.7. The number of ether oxygens (including phenoxy) is 2. The van der Waals surface area contributed by atoms with Crippen LogP contribution in [0.15, 0.2) is 4.99 Å². The molecule has 0 aliphatic heterocycles. The van der Waals surface area contributed by atoms with Crippen LogP contribution in [-0.4, -0.2) is 134 Å². The highest BCUT2D eigenvalue weighted by Crippen LogP contribution is 2.46. The highest BCUT2D eigenvalue weighted by molar-refractivity contribution is 5.91. The maximum atomic E-state index is 13.6. The van der Waals surface area contributed by atoms with Gasteiger partial charge in [0.1, 0.15) is 13.2 Å². The van der Waals surface area contributed by atoms with Crippen molar-refractivity contribution in [2.45, 2.75) is 144 Å². The van der Waals surface area contributed by atoms with Gasteiger partial charge in [0.05, 0.1) is 5.54 Å². The smallest absolute Gasteiger partial charge is 0.418 e. The summed E-state index contributed by atoms with van der Waals surface area (Å²) in [5.74, 6) is 0. The van der Waals surface area contributed by atoms with E-state index < -0.39 is 29.8 Å². The predicted molar refractivity (Wildman–Crippen MR) is 211 cm³/mol. The molecule has 0 aromatic carbocycles. The molecule has 2 unspecified atom stereocenters. The lowest BCUT2D eigenvalue weighted by Gasteiger charge is -2.45. The van der Waals surface area contributed by atoms with Crippen LogP contribution in [0.3, 0.4) is 0 Å². The monoisotopic (exact) mass is 764 g/mol. The zero-order chi connectivity index (χ0) is 40.7. The molecular formula is C40H73N7O7. The minimum Gasteiger partial charge on any atom is -0.448 e. The molecule has 2 saturated carbocycles. The van der Waals surface area contributed by atoms with Crippen LogP contribution >= 0.6 is 0 Å². The van der Waals surface area contributed by atoms with Crippen molar-refractivity contribution in [1.82, 2.24) is 30.2 Å². The summed E-state index contributed by atoms with van der Waals surface area (Å²) in [4.78, 5) is 75.3. The largest absolute Gasteiger partial charge is 0.448 e. The molecule has 0 aromatic rings. The van der Waals surface area contributed by atoms with E-state index in [0.717, 1.165) is 37.3 Å². The van der Waals surface area contributed by atoms with Gasteiger partial charge in [-0.1, -0.05) is 68.2 Å². The minimum atomic E-state index is -0.714. The lowest BCUT2D eigenvalue weighted by molar-refractivity contribution is 0.0795. The van der Waals surface area contributed by atoms with E-state index in [4.69, 9.17) is 9.47 Å². The van der Waals surface area contributed by atoms with Crippen LogP contribution in [-0.2, 0) is 14.3 Å². The standard InChI is InChI=1S/C40H73N7O7/c1-12-44(10)20-22-53-35(51)46(33(49)42-31-24-37(3,4)28-38(5,6)25-31)18-16-14-15-17-19-47(36(52)54-23-21-45(11)13-2)34(50)43-32-26-39(7,8)29-40(9,27-32)41-30-48/h31-32H,12-29H2,1-11H3,(H,42,49)(H,43,50). The third-order valence-corrected chi connectivity index (χ3v) is 10.8. The number of urea groups is 2. The fraction of sp³-hybridized carbons (Fsp3) is 0.875. The van der Waals surface area contributed by atoms with Crippen LogP contribution in [0.5, 0.6) is 0 Å². The normalized spacial score (nSPS) is 21.8. The number of isocyanates is 1. The summed E-state index contributed by atoms with van der Waals surface area (Å²) in [5.41, 5.74) is -0.715. The number of unbranched alkanes of at least 4 members (excludes halogenated alkanes) is 3. The third-order valence-electron chi connectivity index (χ3n) is 10.8. The van der Waals surface area contributed by atoms with Crippen LogP contribution in [0.1, 0.15) is 127 Å². The first kappa shape index (κ1) is 46.9. The molecule has 0 aromatic heterocycles. The molecule has 310 valence electrons. The molecule has 6 amide bonds. The summed E-state index contributed by atoms with van der Waals surface area (Å²) in [6.45, 7) is 22.3. The number of aliphatic imine (C=N–C) groups is 1. The van der Waals surface area contributed by atoms with Gasteiger partial charge in [0, 0.05) is 38.3 Å². The number of amides is 6. The summed E-state index contributed by atoms with van der Waals surface area (Å²) in [7, 11) is 3.87. The Morgan fingerprint density at radius 2 is 1.02 bits per heavy atom. The van der Waals surface area contributed by atoms with Crippen LogP contribution in [0.2, 0.25) is 0 Å². The first-order valence-corrected chi connectivity index (χ1v) is 20.1. The second-order valence-corrected chi connectivity index (χ2v) is 18.4. The van der Waals surface area contributed by atoms with Crippen LogP contribution in [0.25, 0.3) is 0 Å². The zero-order valence-corrected chi connectivity index (χ0v) is 35.5. The average Bonchev–Trinajstić information content (AvgIpc) is 3.02. The molecule has 14 nitrogen and oxygen atoms in total. The van der Waals surface area contributed by atoms with Crippen molar-refractivity contribution in [1.29, 1.82) is 0 Å². The van der Waals surface area contributed by atoms with E-state index in [-0.39, 0.29) is 54.6 Å². The number of likely N-dealkylation sites (N-methyl/N-ethyl adjacent to an activating group) is 2. The van der Waals surface area contributed by atoms with Crippen LogP contribution in [0.4, 0.5) is 19.2 Å². The maximum absolute atomic E-state index is 13.6. The molecule has 0 saturated heterocycles. The Labute approximate surface area is 325 Å². The second kappa shape index (κ2) is 21.2. The lowest BCUT2D eigenvalue weighted by atomic mass is 9.63. The lowest BCUT2D eigenvalue weighted by Crippen LogP contribution is -2.53. The molecule has 54 heavy (non-hydrogen) atoms.